The van der Waals surface area contributed by atoms with Gasteiger partial charge < -0.3 is 15.1 Å². The summed E-state index contributed by atoms with van der Waals surface area (Å²) in [5, 5.41) is 11.7. The Hall–Kier alpha value is -3.42. The number of hydrogen-bond donors (Lipinski definition) is 2. The number of amides is 2. The molecule has 0 radical (unpaired) electrons. The van der Waals surface area contributed by atoms with Gasteiger partial charge in [0.2, 0.25) is 5.91 Å². The highest BCUT2D eigenvalue weighted by molar-refractivity contribution is 5.95. The molecular weight excluding hydrogens is 416 g/mol. The third-order valence-electron chi connectivity index (χ3n) is 6.44. The first kappa shape index (κ1) is 21.4. The molecule has 0 aliphatic carbocycles. The number of pyridine rings is 1. The van der Waals surface area contributed by atoms with Crippen LogP contribution in [0, 0.1) is 0 Å². The standard InChI is InChI=1S/C25H30N6O2/c1-16(2)26-23-19-10-11-20(27-24(19)29-28-23)21-8-4-13-31(21)25(33)18-7-3-6-17(14-18)15-30-12-5-9-22(30)32/h3,6-7,10-11,14,16,21H,4-5,8-9,12-13,15H2,1-2H3,(H2,26,27,28,29)/t21-/m0/s1. The fourth-order valence-corrected chi connectivity index (χ4v) is 4.87. The van der Waals surface area contributed by atoms with E-state index in [0.29, 0.717) is 25.1 Å². The summed E-state index contributed by atoms with van der Waals surface area (Å²) in [4.78, 5) is 34.1. The van der Waals surface area contributed by atoms with Gasteiger partial charge in [-0.25, -0.2) is 4.98 Å². The van der Waals surface area contributed by atoms with Crippen molar-refractivity contribution in [3.05, 3.63) is 53.2 Å². The Kier molecular flexibility index (Phi) is 5.74. The van der Waals surface area contributed by atoms with Gasteiger partial charge in [-0.05, 0) is 62.9 Å². The fraction of sp³-hybridized carbons (Fsp3) is 0.440. The lowest BCUT2D eigenvalue weighted by atomic mass is 10.1. The predicted octanol–water partition coefficient (Wildman–Crippen LogP) is 3.88. The molecule has 4 heterocycles. The maximum atomic E-state index is 13.5. The Morgan fingerprint density at radius 3 is 2.88 bits per heavy atom. The van der Waals surface area contributed by atoms with Crippen LogP contribution in [0.25, 0.3) is 11.0 Å². The zero-order chi connectivity index (χ0) is 22.9. The minimum absolute atomic E-state index is 0.0146. The van der Waals surface area contributed by atoms with Crippen LogP contribution >= 0.6 is 0 Å². The number of likely N-dealkylation sites (tertiary alicyclic amines) is 2. The molecule has 2 aliphatic rings. The van der Waals surface area contributed by atoms with Crippen molar-refractivity contribution >= 4 is 28.7 Å². The van der Waals surface area contributed by atoms with Gasteiger partial charge in [0.1, 0.15) is 0 Å². The van der Waals surface area contributed by atoms with Crippen LogP contribution in [-0.2, 0) is 11.3 Å². The fourth-order valence-electron chi connectivity index (χ4n) is 4.87. The average molecular weight is 447 g/mol. The second-order valence-corrected chi connectivity index (χ2v) is 9.28. The lowest BCUT2D eigenvalue weighted by Crippen LogP contribution is -2.31. The van der Waals surface area contributed by atoms with Crippen LogP contribution in [0.4, 0.5) is 5.82 Å². The number of carbonyl (C=O) groups excluding carboxylic acids is 2. The van der Waals surface area contributed by atoms with Gasteiger partial charge in [-0.3, -0.25) is 14.7 Å². The van der Waals surface area contributed by atoms with Crippen molar-refractivity contribution in [2.75, 3.05) is 18.4 Å². The molecule has 172 valence electrons. The molecule has 1 atom stereocenters. The lowest BCUT2D eigenvalue weighted by molar-refractivity contribution is -0.128. The Morgan fingerprint density at radius 2 is 2.09 bits per heavy atom. The summed E-state index contributed by atoms with van der Waals surface area (Å²) >= 11 is 0. The monoisotopic (exact) mass is 446 g/mol. The molecule has 0 spiro atoms. The molecule has 2 aliphatic heterocycles. The molecule has 8 nitrogen and oxygen atoms in total. The van der Waals surface area contributed by atoms with Crippen LogP contribution in [0.15, 0.2) is 36.4 Å². The minimum atomic E-state index is -0.0597. The van der Waals surface area contributed by atoms with E-state index >= 15 is 0 Å². The normalized spacial score (nSPS) is 18.6. The third kappa shape index (κ3) is 4.29. The Morgan fingerprint density at radius 1 is 1.21 bits per heavy atom. The van der Waals surface area contributed by atoms with Crippen LogP contribution < -0.4 is 5.32 Å². The number of hydrogen-bond acceptors (Lipinski definition) is 5. The first-order chi connectivity index (χ1) is 16.0. The summed E-state index contributed by atoms with van der Waals surface area (Å²) < 4.78 is 0. The number of aromatic amines is 1. The Bertz CT molecular complexity index is 1190. The first-order valence-corrected chi connectivity index (χ1v) is 11.8. The van der Waals surface area contributed by atoms with Crippen molar-refractivity contribution in [3.8, 4) is 0 Å². The number of nitrogens with zero attached hydrogens (tertiary/aromatic N) is 4. The molecule has 0 saturated carbocycles. The van der Waals surface area contributed by atoms with E-state index in [1.165, 1.54) is 0 Å². The topological polar surface area (TPSA) is 94.2 Å². The third-order valence-corrected chi connectivity index (χ3v) is 6.44. The number of nitrogens with one attached hydrogen (secondary N) is 2. The van der Waals surface area contributed by atoms with Crippen LogP contribution in [-0.4, -0.2) is 55.9 Å². The zero-order valence-corrected chi connectivity index (χ0v) is 19.2. The van der Waals surface area contributed by atoms with Gasteiger partial charge in [0.05, 0.1) is 17.1 Å². The number of H-pyrrole nitrogens is 1. The zero-order valence-electron chi connectivity index (χ0n) is 19.2. The van der Waals surface area contributed by atoms with Crippen LogP contribution in [0.5, 0.6) is 0 Å². The van der Waals surface area contributed by atoms with E-state index in [4.69, 9.17) is 4.98 Å². The van der Waals surface area contributed by atoms with E-state index < -0.39 is 0 Å². The largest absolute Gasteiger partial charge is 0.366 e. The lowest BCUT2D eigenvalue weighted by Gasteiger charge is -2.25. The molecule has 2 saturated heterocycles. The maximum absolute atomic E-state index is 13.5. The average Bonchev–Trinajstić information content (AvgIpc) is 3.54. The van der Waals surface area contributed by atoms with Gasteiger partial charge in [-0.2, -0.15) is 5.10 Å². The van der Waals surface area contributed by atoms with Gasteiger partial charge in [0.15, 0.2) is 11.5 Å². The summed E-state index contributed by atoms with van der Waals surface area (Å²) in [6.45, 7) is 6.21. The quantitative estimate of drug-likeness (QED) is 0.599. The number of benzene rings is 1. The van der Waals surface area contributed by atoms with Crippen molar-refractivity contribution in [2.45, 2.75) is 58.2 Å². The van der Waals surface area contributed by atoms with Crippen molar-refractivity contribution in [1.29, 1.82) is 0 Å². The highest BCUT2D eigenvalue weighted by Gasteiger charge is 2.32. The van der Waals surface area contributed by atoms with Crippen molar-refractivity contribution in [2.24, 2.45) is 0 Å². The molecule has 1 aromatic carbocycles. The highest BCUT2D eigenvalue weighted by atomic mass is 16.2. The number of fused-ring (bicyclic) bond motifs is 1. The van der Waals surface area contributed by atoms with E-state index in [1.54, 1.807) is 0 Å². The van der Waals surface area contributed by atoms with Crippen LogP contribution in [0.1, 0.15) is 67.2 Å². The molecule has 2 fully saturated rings. The van der Waals surface area contributed by atoms with Crippen molar-refractivity contribution < 1.29 is 9.59 Å². The van der Waals surface area contributed by atoms with E-state index in [-0.39, 0.29) is 23.9 Å². The smallest absolute Gasteiger partial charge is 0.254 e. The number of anilines is 1. The molecule has 2 amide bonds. The Balaban J connectivity index is 1.36. The van der Waals surface area contributed by atoms with E-state index in [0.717, 1.165) is 53.9 Å². The molecule has 5 rings (SSSR count). The van der Waals surface area contributed by atoms with E-state index in [1.807, 2.05) is 46.2 Å². The molecule has 0 unspecified atom stereocenters. The molecule has 0 bridgehead atoms. The molecule has 33 heavy (non-hydrogen) atoms. The van der Waals surface area contributed by atoms with E-state index in [9.17, 15) is 9.59 Å². The second-order valence-electron chi connectivity index (χ2n) is 9.28. The summed E-state index contributed by atoms with van der Waals surface area (Å²) in [7, 11) is 0. The predicted molar refractivity (Wildman–Crippen MR) is 127 cm³/mol. The first-order valence-electron chi connectivity index (χ1n) is 11.8. The second kappa shape index (κ2) is 8.84. The van der Waals surface area contributed by atoms with E-state index in [2.05, 4.69) is 29.4 Å². The SMILES string of the molecule is CC(C)Nc1n[nH]c2nc([C@@H]3CCCN3C(=O)c3cccc(CN4CCCC4=O)c3)ccc12. The van der Waals surface area contributed by atoms with Gasteiger partial charge in [0, 0.05) is 37.7 Å². The molecule has 2 aromatic heterocycles. The van der Waals surface area contributed by atoms with Crippen LogP contribution in [0.3, 0.4) is 0 Å². The molecule has 8 heteroatoms. The maximum Gasteiger partial charge on any atom is 0.254 e. The number of rotatable bonds is 6. The summed E-state index contributed by atoms with van der Waals surface area (Å²) in [5.41, 5.74) is 3.27. The number of aromatic nitrogens is 3. The Labute approximate surface area is 193 Å². The molecular formula is C25H30N6O2. The van der Waals surface area contributed by atoms with Gasteiger partial charge in [-0.15, -0.1) is 0 Å². The molecule has 2 N–H and O–H groups in total. The van der Waals surface area contributed by atoms with Gasteiger partial charge >= 0.3 is 0 Å². The summed E-state index contributed by atoms with van der Waals surface area (Å²) in [5.74, 6) is 1.01. The minimum Gasteiger partial charge on any atom is -0.366 e. The molecule has 3 aromatic rings. The van der Waals surface area contributed by atoms with Gasteiger partial charge in [-0.1, -0.05) is 12.1 Å². The van der Waals surface area contributed by atoms with Crippen molar-refractivity contribution in [3.63, 3.8) is 0 Å². The van der Waals surface area contributed by atoms with Crippen LogP contribution in [0.2, 0.25) is 0 Å². The summed E-state index contributed by atoms with van der Waals surface area (Å²) in [6.07, 6.45) is 3.37. The summed E-state index contributed by atoms with van der Waals surface area (Å²) in [6, 6.07) is 11.9. The van der Waals surface area contributed by atoms with Gasteiger partial charge in [0.25, 0.3) is 5.91 Å². The number of carbonyl (C=O) groups is 2. The van der Waals surface area contributed by atoms with Crippen molar-refractivity contribution in [1.82, 2.24) is 25.0 Å². The highest BCUT2D eigenvalue weighted by Crippen LogP contribution is 2.33.